The lowest BCUT2D eigenvalue weighted by atomic mass is 10.1. The third-order valence-corrected chi connectivity index (χ3v) is 4.47. The van der Waals surface area contributed by atoms with Crippen LogP contribution in [0.1, 0.15) is 18.9 Å². The van der Waals surface area contributed by atoms with E-state index >= 15 is 0 Å². The zero-order valence-corrected chi connectivity index (χ0v) is 12.3. The maximum atomic E-state index is 13.5. The van der Waals surface area contributed by atoms with Crippen LogP contribution < -0.4 is 0 Å². The number of hydrogen-bond acceptors (Lipinski definition) is 3. The summed E-state index contributed by atoms with van der Waals surface area (Å²) < 4.78 is 13.5. The molecule has 3 nitrogen and oxygen atoms in total. The summed E-state index contributed by atoms with van der Waals surface area (Å²) in [6, 6.07) is 6.65. The van der Waals surface area contributed by atoms with Gasteiger partial charge in [0, 0.05) is 32.2 Å². The standard InChI is InChI=1S/C15H18FNO2S/c1-11(18)20-10-12-8-15(19)17(9-12)7-6-13-4-2-3-5-14(13)16/h2-5,12H,6-10H2,1H3. The summed E-state index contributed by atoms with van der Waals surface area (Å²) in [5.74, 6) is 0.812. The number of halogens is 1. The molecular formula is C15H18FNO2S. The Bertz CT molecular complexity index is 506. The SMILES string of the molecule is CC(=O)SCC1CC(=O)N(CCc2ccccc2F)C1. The van der Waals surface area contributed by atoms with Crippen molar-refractivity contribution in [2.45, 2.75) is 19.8 Å². The largest absolute Gasteiger partial charge is 0.342 e. The van der Waals surface area contributed by atoms with Crippen LogP contribution in [0.4, 0.5) is 4.39 Å². The van der Waals surface area contributed by atoms with Crippen molar-refractivity contribution in [3.05, 3.63) is 35.6 Å². The van der Waals surface area contributed by atoms with Crippen LogP contribution in [0.25, 0.3) is 0 Å². The molecule has 1 aromatic rings. The highest BCUT2D eigenvalue weighted by atomic mass is 32.2. The minimum Gasteiger partial charge on any atom is -0.342 e. The van der Waals surface area contributed by atoms with Gasteiger partial charge in [0.2, 0.25) is 5.91 Å². The van der Waals surface area contributed by atoms with E-state index in [1.165, 1.54) is 24.8 Å². The molecule has 1 saturated heterocycles. The lowest BCUT2D eigenvalue weighted by Gasteiger charge is -2.16. The van der Waals surface area contributed by atoms with E-state index in [2.05, 4.69) is 0 Å². The molecule has 20 heavy (non-hydrogen) atoms. The smallest absolute Gasteiger partial charge is 0.222 e. The maximum absolute atomic E-state index is 13.5. The number of amides is 1. The molecule has 1 atom stereocenters. The second kappa shape index (κ2) is 6.88. The second-order valence-electron chi connectivity index (χ2n) is 5.05. The zero-order valence-electron chi connectivity index (χ0n) is 11.5. The highest BCUT2D eigenvalue weighted by Crippen LogP contribution is 2.22. The van der Waals surface area contributed by atoms with Gasteiger partial charge in [0.05, 0.1) is 0 Å². The van der Waals surface area contributed by atoms with Gasteiger partial charge in [-0.3, -0.25) is 9.59 Å². The summed E-state index contributed by atoms with van der Waals surface area (Å²) in [5, 5.41) is 0.0854. The molecule has 0 saturated carbocycles. The van der Waals surface area contributed by atoms with Crippen LogP contribution in [0.5, 0.6) is 0 Å². The molecular weight excluding hydrogens is 277 g/mol. The lowest BCUT2D eigenvalue weighted by molar-refractivity contribution is -0.127. The van der Waals surface area contributed by atoms with E-state index in [0.717, 1.165) is 0 Å². The zero-order chi connectivity index (χ0) is 14.5. The first-order valence-corrected chi connectivity index (χ1v) is 7.69. The average molecular weight is 295 g/mol. The third kappa shape index (κ3) is 4.07. The molecule has 0 spiro atoms. The van der Waals surface area contributed by atoms with Crippen molar-refractivity contribution in [1.82, 2.24) is 4.90 Å². The quantitative estimate of drug-likeness (QED) is 0.837. The van der Waals surface area contributed by atoms with Crippen molar-refractivity contribution in [3.8, 4) is 0 Å². The van der Waals surface area contributed by atoms with Crippen molar-refractivity contribution >= 4 is 22.8 Å². The molecule has 1 unspecified atom stereocenters. The number of carbonyl (C=O) groups is 2. The first-order valence-electron chi connectivity index (χ1n) is 6.71. The topological polar surface area (TPSA) is 37.4 Å². The van der Waals surface area contributed by atoms with Gasteiger partial charge < -0.3 is 4.90 Å². The fraction of sp³-hybridized carbons (Fsp3) is 0.467. The predicted octanol–water partition coefficient (Wildman–Crippen LogP) is 2.50. The summed E-state index contributed by atoms with van der Waals surface area (Å²) in [7, 11) is 0. The third-order valence-electron chi connectivity index (χ3n) is 3.43. The Morgan fingerprint density at radius 1 is 1.45 bits per heavy atom. The van der Waals surface area contributed by atoms with E-state index in [9.17, 15) is 14.0 Å². The highest BCUT2D eigenvalue weighted by Gasteiger charge is 2.29. The molecule has 108 valence electrons. The molecule has 1 amide bonds. The van der Waals surface area contributed by atoms with Gasteiger partial charge in [-0.1, -0.05) is 30.0 Å². The average Bonchev–Trinajstić information content (AvgIpc) is 2.76. The Labute approximate surface area is 122 Å². The molecule has 1 heterocycles. The molecule has 0 radical (unpaired) electrons. The van der Waals surface area contributed by atoms with Gasteiger partial charge in [-0.15, -0.1) is 0 Å². The Morgan fingerprint density at radius 2 is 2.20 bits per heavy atom. The maximum Gasteiger partial charge on any atom is 0.222 e. The van der Waals surface area contributed by atoms with Crippen molar-refractivity contribution < 1.29 is 14.0 Å². The first-order chi connectivity index (χ1) is 9.56. The van der Waals surface area contributed by atoms with Gasteiger partial charge in [-0.05, 0) is 24.0 Å². The number of likely N-dealkylation sites (tertiary alicyclic amines) is 1. The summed E-state index contributed by atoms with van der Waals surface area (Å²) >= 11 is 1.27. The Balaban J connectivity index is 1.83. The normalized spacial score (nSPS) is 18.6. The van der Waals surface area contributed by atoms with Crippen molar-refractivity contribution in [2.24, 2.45) is 5.92 Å². The Hall–Kier alpha value is -1.36. The molecule has 1 aromatic carbocycles. The van der Waals surface area contributed by atoms with Crippen molar-refractivity contribution in [2.75, 3.05) is 18.8 Å². The number of rotatable bonds is 5. The summed E-state index contributed by atoms with van der Waals surface area (Å²) in [4.78, 5) is 24.6. The molecule has 0 aliphatic carbocycles. The van der Waals surface area contributed by atoms with E-state index in [1.54, 1.807) is 23.1 Å². The van der Waals surface area contributed by atoms with Gasteiger partial charge in [-0.2, -0.15) is 0 Å². The Morgan fingerprint density at radius 3 is 2.90 bits per heavy atom. The summed E-state index contributed by atoms with van der Waals surface area (Å²) in [6.07, 6.45) is 1.03. The highest BCUT2D eigenvalue weighted by molar-refractivity contribution is 8.13. The first kappa shape index (κ1) is 15.0. The van der Waals surface area contributed by atoms with Crippen LogP contribution >= 0.6 is 11.8 Å². The van der Waals surface area contributed by atoms with E-state index in [-0.39, 0.29) is 22.8 Å². The number of benzene rings is 1. The molecule has 0 aromatic heterocycles. The minimum atomic E-state index is -0.220. The molecule has 1 aliphatic rings. The number of carbonyl (C=O) groups excluding carboxylic acids is 2. The van der Waals surface area contributed by atoms with Gasteiger partial charge in [0.25, 0.3) is 0 Å². The molecule has 2 rings (SSSR count). The van der Waals surface area contributed by atoms with Crippen molar-refractivity contribution in [3.63, 3.8) is 0 Å². The van der Waals surface area contributed by atoms with Crippen LogP contribution in [-0.4, -0.2) is 34.8 Å². The fourth-order valence-corrected chi connectivity index (χ4v) is 3.07. The van der Waals surface area contributed by atoms with Gasteiger partial charge in [0.1, 0.15) is 5.82 Å². The van der Waals surface area contributed by atoms with Gasteiger partial charge >= 0.3 is 0 Å². The predicted molar refractivity (Wildman–Crippen MR) is 77.9 cm³/mol. The van der Waals surface area contributed by atoms with Crippen LogP contribution in [0.3, 0.4) is 0 Å². The van der Waals surface area contributed by atoms with Gasteiger partial charge in [0.15, 0.2) is 5.12 Å². The van der Waals surface area contributed by atoms with Crippen LogP contribution in [-0.2, 0) is 16.0 Å². The van der Waals surface area contributed by atoms with Gasteiger partial charge in [-0.25, -0.2) is 4.39 Å². The minimum absolute atomic E-state index is 0.0854. The molecule has 5 heteroatoms. The fourth-order valence-electron chi connectivity index (χ4n) is 2.37. The van der Waals surface area contributed by atoms with E-state index in [1.807, 2.05) is 0 Å². The van der Waals surface area contributed by atoms with Crippen LogP contribution in [0.15, 0.2) is 24.3 Å². The molecule has 0 bridgehead atoms. The van der Waals surface area contributed by atoms with E-state index in [0.29, 0.717) is 37.2 Å². The second-order valence-corrected chi connectivity index (χ2v) is 6.25. The van der Waals surface area contributed by atoms with Crippen LogP contribution in [0.2, 0.25) is 0 Å². The summed E-state index contributed by atoms with van der Waals surface area (Å²) in [5.41, 5.74) is 0.641. The Kier molecular flexibility index (Phi) is 5.17. The monoisotopic (exact) mass is 295 g/mol. The molecule has 1 aliphatic heterocycles. The number of hydrogen-bond donors (Lipinski definition) is 0. The van der Waals surface area contributed by atoms with E-state index in [4.69, 9.17) is 0 Å². The lowest BCUT2D eigenvalue weighted by Crippen LogP contribution is -2.28. The summed E-state index contributed by atoms with van der Waals surface area (Å²) in [6.45, 7) is 2.76. The number of nitrogens with zero attached hydrogens (tertiary/aromatic N) is 1. The van der Waals surface area contributed by atoms with Crippen molar-refractivity contribution in [1.29, 1.82) is 0 Å². The number of thioether (sulfide) groups is 1. The van der Waals surface area contributed by atoms with E-state index < -0.39 is 0 Å². The molecule has 0 N–H and O–H groups in total. The van der Waals surface area contributed by atoms with Crippen LogP contribution in [0, 0.1) is 11.7 Å². The molecule has 1 fully saturated rings.